The molecule has 1 aliphatic rings. The van der Waals surface area contributed by atoms with Crippen molar-refractivity contribution in [3.8, 4) is 0 Å². The lowest BCUT2D eigenvalue weighted by Crippen LogP contribution is -2.38. The van der Waals surface area contributed by atoms with Crippen molar-refractivity contribution in [2.24, 2.45) is 18.9 Å². The van der Waals surface area contributed by atoms with E-state index in [0.29, 0.717) is 0 Å². The van der Waals surface area contributed by atoms with Gasteiger partial charge in [-0.15, -0.1) is 0 Å². The highest BCUT2D eigenvalue weighted by molar-refractivity contribution is 5.08. The van der Waals surface area contributed by atoms with E-state index < -0.39 is 6.10 Å². The molecule has 3 heterocycles. The first kappa shape index (κ1) is 18.2. The quantitative estimate of drug-likeness (QED) is 0.839. The molecule has 0 amide bonds. The first-order valence-electron chi connectivity index (χ1n) is 9.56. The van der Waals surface area contributed by atoms with E-state index in [0.717, 1.165) is 50.8 Å². The van der Waals surface area contributed by atoms with E-state index >= 15 is 0 Å². The van der Waals surface area contributed by atoms with E-state index in [1.807, 2.05) is 17.8 Å². The topological polar surface area (TPSA) is 46.2 Å². The van der Waals surface area contributed by atoms with Crippen LogP contribution in [-0.2, 0) is 20.1 Å². The molecule has 0 radical (unpaired) electrons. The van der Waals surface area contributed by atoms with Gasteiger partial charge < -0.3 is 14.2 Å². The van der Waals surface area contributed by atoms with Gasteiger partial charge in [-0.1, -0.05) is 13.8 Å². The Labute approximate surface area is 151 Å². The Morgan fingerprint density at radius 1 is 1.32 bits per heavy atom. The number of aromatic nitrogens is 3. The van der Waals surface area contributed by atoms with Crippen molar-refractivity contribution in [3.63, 3.8) is 0 Å². The van der Waals surface area contributed by atoms with Gasteiger partial charge in [-0.3, -0.25) is 4.90 Å². The molecule has 0 saturated carbocycles. The minimum atomic E-state index is -0.476. The Morgan fingerprint density at radius 3 is 2.88 bits per heavy atom. The summed E-state index contributed by atoms with van der Waals surface area (Å²) in [5, 5.41) is 10.7. The summed E-state index contributed by atoms with van der Waals surface area (Å²) in [6, 6.07) is 4.39. The largest absolute Gasteiger partial charge is 0.385 e. The van der Waals surface area contributed by atoms with E-state index in [-0.39, 0.29) is 5.92 Å². The maximum atomic E-state index is 10.7. The smallest absolute Gasteiger partial charge is 0.137 e. The number of likely N-dealkylation sites (tertiary alicyclic amines) is 1. The zero-order valence-electron chi connectivity index (χ0n) is 15.8. The number of hydrogen-bond acceptors (Lipinski definition) is 3. The minimum Gasteiger partial charge on any atom is -0.385 e. The maximum Gasteiger partial charge on any atom is 0.137 e. The third-order valence-electron chi connectivity index (χ3n) is 5.37. The van der Waals surface area contributed by atoms with Gasteiger partial charge in [-0.2, -0.15) is 0 Å². The number of hydrogen-bond donors (Lipinski definition) is 1. The molecule has 0 aliphatic carbocycles. The van der Waals surface area contributed by atoms with Gasteiger partial charge in [0, 0.05) is 56.9 Å². The van der Waals surface area contributed by atoms with Crippen molar-refractivity contribution in [2.45, 2.75) is 52.3 Å². The second-order valence-corrected chi connectivity index (χ2v) is 7.85. The van der Waals surface area contributed by atoms with Crippen LogP contribution < -0.4 is 0 Å². The third kappa shape index (κ3) is 4.53. The van der Waals surface area contributed by atoms with Crippen molar-refractivity contribution in [2.75, 3.05) is 13.1 Å². The van der Waals surface area contributed by atoms with Gasteiger partial charge in [0.05, 0.1) is 0 Å². The summed E-state index contributed by atoms with van der Waals surface area (Å²) in [6.45, 7) is 8.65. The Bertz CT molecular complexity index is 660. The number of aliphatic hydroxyl groups is 1. The van der Waals surface area contributed by atoms with Crippen LogP contribution in [0.25, 0.3) is 0 Å². The fourth-order valence-corrected chi connectivity index (χ4v) is 3.80. The molecule has 0 bridgehead atoms. The van der Waals surface area contributed by atoms with Gasteiger partial charge in [-0.25, -0.2) is 4.98 Å². The summed E-state index contributed by atoms with van der Waals surface area (Å²) in [7, 11) is 1.95. The molecule has 2 aromatic heterocycles. The zero-order valence-corrected chi connectivity index (χ0v) is 15.8. The second kappa shape index (κ2) is 8.19. The maximum absolute atomic E-state index is 10.7. The van der Waals surface area contributed by atoms with Crippen LogP contribution in [0, 0.1) is 11.8 Å². The molecule has 1 fully saturated rings. The standard InChI is InChI=1S/C20H32N4O/c1-16(2)8-12-24-11-5-7-18(24)15-23-10-4-6-17(14-23)19(25)20-21-9-13-22(20)3/h5,7,9,11,13,16-17,19,25H,4,6,8,10,12,14-15H2,1-3H3. The number of imidazole rings is 1. The molecule has 3 rings (SSSR count). The van der Waals surface area contributed by atoms with Crippen molar-refractivity contribution in [3.05, 3.63) is 42.2 Å². The van der Waals surface area contributed by atoms with Gasteiger partial charge in [-0.05, 0) is 43.9 Å². The monoisotopic (exact) mass is 344 g/mol. The first-order chi connectivity index (χ1) is 12.0. The normalized spacial score (nSPS) is 20.3. The molecule has 1 aliphatic heterocycles. The summed E-state index contributed by atoms with van der Waals surface area (Å²) in [5.41, 5.74) is 1.38. The fraction of sp³-hybridized carbons (Fsp3) is 0.650. The molecule has 0 spiro atoms. The number of piperidine rings is 1. The molecule has 5 nitrogen and oxygen atoms in total. The molecular formula is C20H32N4O. The van der Waals surface area contributed by atoms with Crippen LogP contribution in [0.1, 0.15) is 50.7 Å². The Balaban J connectivity index is 1.61. The molecule has 25 heavy (non-hydrogen) atoms. The Kier molecular flexibility index (Phi) is 5.97. The Hall–Kier alpha value is -1.59. The van der Waals surface area contributed by atoms with Gasteiger partial charge in [0.25, 0.3) is 0 Å². The van der Waals surface area contributed by atoms with Crippen LogP contribution in [0.5, 0.6) is 0 Å². The van der Waals surface area contributed by atoms with Crippen molar-refractivity contribution in [1.29, 1.82) is 0 Å². The predicted octanol–water partition coefficient (Wildman–Crippen LogP) is 3.21. The molecule has 0 aromatic carbocycles. The molecule has 1 N–H and O–H groups in total. The SMILES string of the molecule is CC(C)CCn1cccc1CN1CCCC(C(O)c2nccn2C)C1. The van der Waals surface area contributed by atoms with E-state index in [1.165, 1.54) is 12.1 Å². The molecule has 2 aromatic rings. The molecule has 2 atom stereocenters. The number of rotatable bonds is 7. The third-order valence-corrected chi connectivity index (χ3v) is 5.37. The summed E-state index contributed by atoms with van der Waals surface area (Å²) in [5.74, 6) is 1.77. The summed E-state index contributed by atoms with van der Waals surface area (Å²) in [6.07, 6.45) is 8.80. The van der Waals surface area contributed by atoms with Crippen LogP contribution >= 0.6 is 0 Å². The summed E-state index contributed by atoms with van der Waals surface area (Å²) >= 11 is 0. The molecule has 138 valence electrons. The lowest BCUT2D eigenvalue weighted by atomic mass is 9.92. The van der Waals surface area contributed by atoms with Gasteiger partial charge >= 0.3 is 0 Å². The average Bonchev–Trinajstić information content (AvgIpc) is 3.21. The van der Waals surface area contributed by atoms with E-state index in [9.17, 15) is 5.11 Å². The van der Waals surface area contributed by atoms with E-state index in [4.69, 9.17) is 0 Å². The zero-order chi connectivity index (χ0) is 17.8. The highest BCUT2D eigenvalue weighted by atomic mass is 16.3. The number of aliphatic hydroxyl groups excluding tert-OH is 1. The van der Waals surface area contributed by atoms with Gasteiger partial charge in [0.2, 0.25) is 0 Å². The van der Waals surface area contributed by atoms with Gasteiger partial charge in [0.15, 0.2) is 0 Å². The lowest BCUT2D eigenvalue weighted by molar-refractivity contribution is 0.0397. The van der Waals surface area contributed by atoms with Crippen LogP contribution in [-0.4, -0.2) is 37.2 Å². The van der Waals surface area contributed by atoms with Crippen LogP contribution in [0.15, 0.2) is 30.7 Å². The minimum absolute atomic E-state index is 0.258. The number of aryl methyl sites for hydroxylation is 2. The first-order valence-corrected chi connectivity index (χ1v) is 9.56. The number of nitrogens with zero attached hydrogens (tertiary/aromatic N) is 4. The van der Waals surface area contributed by atoms with Crippen molar-refractivity contribution < 1.29 is 5.11 Å². The van der Waals surface area contributed by atoms with Crippen LogP contribution in [0.3, 0.4) is 0 Å². The molecular weight excluding hydrogens is 312 g/mol. The second-order valence-electron chi connectivity index (χ2n) is 7.85. The molecule has 1 saturated heterocycles. The molecule has 5 heteroatoms. The average molecular weight is 345 g/mol. The molecule has 2 unspecified atom stereocenters. The van der Waals surface area contributed by atoms with Crippen molar-refractivity contribution in [1.82, 2.24) is 19.0 Å². The van der Waals surface area contributed by atoms with Crippen molar-refractivity contribution >= 4 is 0 Å². The van der Waals surface area contributed by atoms with Crippen LogP contribution in [0.2, 0.25) is 0 Å². The Morgan fingerprint density at radius 2 is 2.16 bits per heavy atom. The summed E-state index contributed by atoms with van der Waals surface area (Å²) < 4.78 is 4.32. The van der Waals surface area contributed by atoms with Gasteiger partial charge in [0.1, 0.15) is 11.9 Å². The predicted molar refractivity (Wildman–Crippen MR) is 100 cm³/mol. The van der Waals surface area contributed by atoms with Crippen LogP contribution in [0.4, 0.5) is 0 Å². The van der Waals surface area contributed by atoms with E-state index in [2.05, 4.69) is 46.6 Å². The lowest BCUT2D eigenvalue weighted by Gasteiger charge is -2.35. The van der Waals surface area contributed by atoms with E-state index in [1.54, 1.807) is 6.20 Å². The highest BCUT2D eigenvalue weighted by Crippen LogP contribution is 2.29. The fourth-order valence-electron chi connectivity index (χ4n) is 3.80. The highest BCUT2D eigenvalue weighted by Gasteiger charge is 2.29. The summed E-state index contributed by atoms with van der Waals surface area (Å²) in [4.78, 5) is 6.82.